The highest BCUT2D eigenvalue weighted by Gasteiger charge is 2.33. The maximum Gasteiger partial charge on any atom is 0.433 e. The summed E-state index contributed by atoms with van der Waals surface area (Å²) in [5.74, 6) is -0.669. The number of nitrogens with zero attached hydrogens (tertiary/aromatic N) is 8. The van der Waals surface area contributed by atoms with Crippen molar-refractivity contribution in [2.75, 3.05) is 49.6 Å². The molecule has 3 aromatic heterocycles. The fourth-order valence-electron chi connectivity index (χ4n) is 5.81. The van der Waals surface area contributed by atoms with Crippen molar-refractivity contribution in [2.45, 2.75) is 59.7 Å². The maximum absolute atomic E-state index is 14.1. The minimum atomic E-state index is -4.63. The fraction of sp³-hybridized carbons (Fsp3) is 0.469. The number of rotatable bonds is 9. The number of ether oxygens (including phenoxy) is 1. The number of aliphatic hydroxyl groups excluding tert-OH is 1. The Balaban J connectivity index is 1.52. The number of piperazine rings is 1. The molecule has 49 heavy (non-hydrogen) atoms. The lowest BCUT2D eigenvalue weighted by atomic mass is 10.1. The third kappa shape index (κ3) is 7.35. The third-order valence-electron chi connectivity index (χ3n) is 8.32. The summed E-state index contributed by atoms with van der Waals surface area (Å²) >= 11 is 0. The first-order chi connectivity index (χ1) is 23.4. The monoisotopic (exact) mass is 685 g/mol. The summed E-state index contributed by atoms with van der Waals surface area (Å²) < 4.78 is 47.7. The molecule has 2 aliphatic rings. The van der Waals surface area contributed by atoms with Gasteiger partial charge in [0.1, 0.15) is 23.7 Å². The average molecular weight is 686 g/mol. The first-order valence-electron chi connectivity index (χ1n) is 16.0. The van der Waals surface area contributed by atoms with Gasteiger partial charge in [-0.05, 0) is 44.4 Å². The van der Waals surface area contributed by atoms with E-state index in [0.29, 0.717) is 43.3 Å². The number of carbonyl (C=O) groups is 2. The number of halogens is 3. The van der Waals surface area contributed by atoms with Crippen LogP contribution in [0.2, 0.25) is 0 Å². The average Bonchev–Trinajstić information content (AvgIpc) is 3.55. The Morgan fingerprint density at radius 1 is 1.14 bits per heavy atom. The number of alkyl halides is 3. The minimum Gasteiger partial charge on any atom is -0.510 e. The van der Waals surface area contributed by atoms with E-state index in [2.05, 4.69) is 25.4 Å². The number of aliphatic imine (C=N–C) groups is 1. The van der Waals surface area contributed by atoms with E-state index in [1.807, 2.05) is 17.9 Å². The number of hydrogen-bond donors (Lipinski definition) is 2. The van der Waals surface area contributed by atoms with Gasteiger partial charge in [-0.25, -0.2) is 4.98 Å². The third-order valence-corrected chi connectivity index (χ3v) is 8.32. The van der Waals surface area contributed by atoms with Crippen LogP contribution in [0.3, 0.4) is 0 Å². The molecule has 0 atom stereocenters. The van der Waals surface area contributed by atoms with E-state index in [1.54, 1.807) is 23.3 Å². The summed E-state index contributed by atoms with van der Waals surface area (Å²) in [4.78, 5) is 56.6. The van der Waals surface area contributed by atoms with Crippen LogP contribution >= 0.6 is 0 Å². The lowest BCUT2D eigenvalue weighted by molar-refractivity contribution is -0.141. The molecule has 0 saturated carbocycles. The van der Waals surface area contributed by atoms with Crippen LogP contribution in [-0.2, 0) is 33.5 Å². The highest BCUT2D eigenvalue weighted by molar-refractivity contribution is 5.95. The largest absolute Gasteiger partial charge is 0.510 e. The Morgan fingerprint density at radius 2 is 1.88 bits per heavy atom. The molecule has 2 amide bonds. The Hall–Kier alpha value is -5.06. The Kier molecular flexibility index (Phi) is 10.5. The van der Waals surface area contributed by atoms with Crippen LogP contribution in [0.15, 0.2) is 39.5 Å². The summed E-state index contributed by atoms with van der Waals surface area (Å²) in [5, 5.41) is 17.5. The highest BCUT2D eigenvalue weighted by Crippen LogP contribution is 2.29. The van der Waals surface area contributed by atoms with E-state index in [1.165, 1.54) is 13.1 Å². The molecule has 17 heteroatoms. The van der Waals surface area contributed by atoms with Gasteiger partial charge >= 0.3 is 6.18 Å². The molecule has 5 rings (SSSR count). The van der Waals surface area contributed by atoms with Gasteiger partial charge < -0.3 is 29.5 Å². The van der Waals surface area contributed by atoms with Crippen LogP contribution in [0.1, 0.15) is 56.5 Å². The summed E-state index contributed by atoms with van der Waals surface area (Å²) in [5.41, 5.74) is 0.124. The topological polar surface area (TPSA) is 160 Å². The Labute approximate surface area is 279 Å². The van der Waals surface area contributed by atoms with Crippen molar-refractivity contribution in [1.29, 1.82) is 0 Å². The summed E-state index contributed by atoms with van der Waals surface area (Å²) in [6, 6.07) is 1.94. The smallest absolute Gasteiger partial charge is 0.433 e. The van der Waals surface area contributed by atoms with Gasteiger partial charge in [-0.15, -0.1) is 5.10 Å². The number of anilines is 2. The van der Waals surface area contributed by atoms with Crippen molar-refractivity contribution in [2.24, 2.45) is 4.99 Å². The van der Waals surface area contributed by atoms with Gasteiger partial charge in [-0.1, -0.05) is 19.9 Å². The van der Waals surface area contributed by atoms with Crippen molar-refractivity contribution in [1.82, 2.24) is 29.0 Å². The Bertz CT molecular complexity index is 1900. The zero-order valence-corrected chi connectivity index (χ0v) is 27.7. The number of aryl methyl sites for hydroxylation is 1. The molecule has 0 unspecified atom stereocenters. The summed E-state index contributed by atoms with van der Waals surface area (Å²) in [6.45, 7) is 8.05. The fourth-order valence-corrected chi connectivity index (χ4v) is 5.81. The number of hydrogen-bond acceptors (Lipinski definition) is 10. The number of allylic oxidation sites excluding steroid dienone is 1. The van der Waals surface area contributed by atoms with Gasteiger partial charge in [0.25, 0.3) is 11.5 Å². The number of amides is 2. The molecule has 262 valence electrons. The molecule has 2 aliphatic heterocycles. The van der Waals surface area contributed by atoms with Crippen molar-refractivity contribution in [3.63, 3.8) is 0 Å². The maximum atomic E-state index is 14.1. The molecule has 0 bridgehead atoms. The van der Waals surface area contributed by atoms with Gasteiger partial charge in [0.2, 0.25) is 11.7 Å². The lowest BCUT2D eigenvalue weighted by Crippen LogP contribution is -2.51. The standard InChI is InChI=1S/C32H38F3N9O5/c1-5-22-27(41-12-14-42(15-13-41)29(47)26(36-7-3)23(45)6-2)30(48)44-31(39-28(40-44)20-10-16-49-17-11-20)43(22)18-25(46)38-21-8-9-24(32(33,34)35)37-19(21)4/h7-10,45H,5-6,11-18H2,1-4H3,(H,38,46)/b26-23+,36-7?. The van der Waals surface area contributed by atoms with Gasteiger partial charge in [0.05, 0.1) is 30.3 Å². The number of aromatic nitrogens is 5. The first kappa shape index (κ1) is 35.3. The second-order valence-electron chi connectivity index (χ2n) is 11.4. The Morgan fingerprint density at radius 3 is 2.47 bits per heavy atom. The van der Waals surface area contributed by atoms with Gasteiger partial charge in [0.15, 0.2) is 11.5 Å². The molecule has 1 fully saturated rings. The van der Waals surface area contributed by atoms with E-state index in [4.69, 9.17) is 4.74 Å². The summed E-state index contributed by atoms with van der Waals surface area (Å²) in [6.07, 6.45) is -0.277. The number of fused-ring (bicyclic) bond motifs is 1. The number of carbonyl (C=O) groups excluding carboxylic acids is 2. The molecule has 14 nitrogen and oxygen atoms in total. The minimum absolute atomic E-state index is 0.0110. The molecular formula is C32H38F3N9O5. The predicted octanol–water partition coefficient (Wildman–Crippen LogP) is 3.54. The molecule has 0 spiro atoms. The van der Waals surface area contributed by atoms with Gasteiger partial charge in [-0.3, -0.25) is 19.4 Å². The number of nitrogens with one attached hydrogen (secondary N) is 1. The van der Waals surface area contributed by atoms with Gasteiger partial charge in [0, 0.05) is 38.8 Å². The molecule has 0 aliphatic carbocycles. The zero-order chi connectivity index (χ0) is 35.5. The SMILES string of the molecule is CC=N/C(C(=O)N1CCN(c2c(CC)n(CC(=O)Nc3ccc(C(F)(F)F)nc3C)c3nc(C4=CCOCC4)nn3c2=O)CC1)=C(/O)CC. The van der Waals surface area contributed by atoms with Crippen molar-refractivity contribution < 1.29 is 32.6 Å². The molecular weight excluding hydrogens is 647 g/mol. The summed E-state index contributed by atoms with van der Waals surface area (Å²) in [7, 11) is 0. The van der Waals surface area contributed by atoms with Crippen LogP contribution in [-0.4, -0.2) is 91.6 Å². The molecule has 1 saturated heterocycles. The molecule has 0 radical (unpaired) electrons. The normalized spacial score (nSPS) is 16.3. The first-order valence-corrected chi connectivity index (χ1v) is 16.0. The van der Waals surface area contributed by atoms with E-state index < -0.39 is 29.2 Å². The second kappa shape index (κ2) is 14.6. The number of pyridine rings is 1. The van der Waals surface area contributed by atoms with Crippen molar-refractivity contribution in [3.8, 4) is 0 Å². The second-order valence-corrected chi connectivity index (χ2v) is 11.4. The van der Waals surface area contributed by atoms with E-state index in [9.17, 15) is 32.7 Å². The van der Waals surface area contributed by atoms with Gasteiger partial charge in [-0.2, -0.15) is 22.7 Å². The van der Waals surface area contributed by atoms with E-state index >= 15 is 0 Å². The lowest BCUT2D eigenvalue weighted by Gasteiger charge is -2.36. The zero-order valence-electron chi connectivity index (χ0n) is 27.7. The molecule has 0 aromatic carbocycles. The van der Waals surface area contributed by atoms with Crippen LogP contribution in [0.25, 0.3) is 11.4 Å². The van der Waals surface area contributed by atoms with Crippen LogP contribution < -0.4 is 15.8 Å². The number of aliphatic hydroxyl groups is 1. The van der Waals surface area contributed by atoms with Crippen molar-refractivity contribution in [3.05, 3.63) is 62.9 Å². The van der Waals surface area contributed by atoms with Crippen molar-refractivity contribution >= 4 is 40.8 Å². The van der Waals surface area contributed by atoms with Crippen LogP contribution in [0.4, 0.5) is 24.5 Å². The highest BCUT2D eigenvalue weighted by atomic mass is 19.4. The van der Waals surface area contributed by atoms with Crippen LogP contribution in [0.5, 0.6) is 0 Å². The van der Waals surface area contributed by atoms with E-state index in [-0.39, 0.29) is 67.8 Å². The van der Waals surface area contributed by atoms with E-state index in [0.717, 1.165) is 22.2 Å². The van der Waals surface area contributed by atoms with Crippen LogP contribution in [0, 0.1) is 6.92 Å². The molecule has 2 N–H and O–H groups in total. The molecule has 5 heterocycles. The quantitative estimate of drug-likeness (QED) is 0.195. The predicted molar refractivity (Wildman–Crippen MR) is 176 cm³/mol. The molecule has 3 aromatic rings.